The van der Waals surface area contributed by atoms with Gasteiger partial charge in [0.2, 0.25) is 5.91 Å². The Kier molecular flexibility index (Phi) is 6.57. The number of rotatable bonds is 7. The van der Waals surface area contributed by atoms with Gasteiger partial charge in [0.1, 0.15) is 0 Å². The van der Waals surface area contributed by atoms with Gasteiger partial charge >= 0.3 is 0 Å². The van der Waals surface area contributed by atoms with Crippen molar-refractivity contribution in [1.29, 1.82) is 0 Å². The highest BCUT2D eigenvalue weighted by Crippen LogP contribution is 2.36. The Morgan fingerprint density at radius 2 is 2.04 bits per heavy atom. The van der Waals surface area contributed by atoms with Gasteiger partial charge in [-0.15, -0.1) is 0 Å². The third-order valence-corrected chi connectivity index (χ3v) is 5.67. The number of carbonyl (C=O) groups excluding carboxylic acids is 1. The molecule has 1 amide bonds. The van der Waals surface area contributed by atoms with Gasteiger partial charge in [-0.25, -0.2) is 0 Å². The number of halogens is 2. The number of nitrogens with zero attached hydrogens (tertiary/aromatic N) is 2. The fraction of sp³-hybridized carbons (Fsp3) is 0.474. The largest absolute Gasteiger partial charge is 0.394 e. The first kappa shape index (κ1) is 19.2. The molecule has 0 aliphatic heterocycles. The zero-order valence-electron chi connectivity index (χ0n) is 14.5. The third-order valence-electron chi connectivity index (χ3n) is 4.93. The van der Waals surface area contributed by atoms with Crippen LogP contribution in [0.15, 0.2) is 30.5 Å². The molecular weight excluding hydrogens is 373 g/mol. The number of aliphatic hydroxyl groups excluding tert-OH is 1. The van der Waals surface area contributed by atoms with Crippen molar-refractivity contribution < 1.29 is 9.90 Å². The monoisotopic (exact) mass is 395 g/mol. The summed E-state index contributed by atoms with van der Waals surface area (Å²) in [6.07, 6.45) is 7.31. The molecule has 1 heterocycles. The molecule has 2 aromatic rings. The Morgan fingerprint density at radius 3 is 2.73 bits per heavy atom. The number of aliphatic hydroxyl groups is 1. The Bertz CT molecular complexity index is 757. The lowest BCUT2D eigenvalue weighted by Crippen LogP contribution is -2.23. The van der Waals surface area contributed by atoms with E-state index in [1.807, 2.05) is 6.07 Å². The highest BCUT2D eigenvalue weighted by Gasteiger charge is 2.27. The van der Waals surface area contributed by atoms with Gasteiger partial charge in [-0.3, -0.25) is 9.48 Å². The van der Waals surface area contributed by atoms with Crippen molar-refractivity contribution in [2.24, 2.45) is 5.92 Å². The van der Waals surface area contributed by atoms with Gasteiger partial charge in [-0.05, 0) is 30.0 Å². The molecule has 1 saturated carbocycles. The molecule has 2 N–H and O–H groups in total. The van der Waals surface area contributed by atoms with E-state index in [0.717, 1.165) is 24.8 Å². The van der Waals surface area contributed by atoms with Crippen LogP contribution >= 0.6 is 23.2 Å². The first-order chi connectivity index (χ1) is 12.6. The van der Waals surface area contributed by atoms with Crippen LogP contribution in [0.3, 0.4) is 0 Å². The van der Waals surface area contributed by atoms with Crippen LogP contribution in [-0.4, -0.2) is 27.4 Å². The fourth-order valence-corrected chi connectivity index (χ4v) is 3.88. The maximum Gasteiger partial charge on any atom is 0.233 e. The predicted octanol–water partition coefficient (Wildman–Crippen LogP) is 4.48. The highest BCUT2D eigenvalue weighted by molar-refractivity contribution is 6.42. The molecule has 7 heteroatoms. The van der Waals surface area contributed by atoms with E-state index >= 15 is 0 Å². The standard InChI is InChI=1S/C19H23Cl2N3O2/c20-16-6-5-14(12-17(16)21)15(11-13-3-1-2-4-13)19(26)22-18-7-8-24(23-18)9-10-25/h5-8,12-13,15,25H,1-4,9-11H2,(H,22,23,26)/t15-/m1/s1. The number of benzene rings is 1. The summed E-state index contributed by atoms with van der Waals surface area (Å²) >= 11 is 12.2. The number of nitrogens with one attached hydrogen (secondary N) is 1. The van der Waals surface area contributed by atoms with Crippen LogP contribution in [0.1, 0.15) is 43.6 Å². The molecule has 0 radical (unpaired) electrons. The first-order valence-corrected chi connectivity index (χ1v) is 9.72. The van der Waals surface area contributed by atoms with Gasteiger partial charge < -0.3 is 10.4 Å². The van der Waals surface area contributed by atoms with Crippen LogP contribution in [0.4, 0.5) is 5.82 Å². The zero-order chi connectivity index (χ0) is 18.5. The average Bonchev–Trinajstić information content (AvgIpc) is 3.28. The Balaban J connectivity index is 1.78. The Morgan fingerprint density at radius 1 is 1.27 bits per heavy atom. The van der Waals surface area contributed by atoms with Gasteiger partial charge in [0.05, 0.1) is 29.1 Å². The van der Waals surface area contributed by atoms with Crippen LogP contribution in [-0.2, 0) is 11.3 Å². The van der Waals surface area contributed by atoms with E-state index in [0.29, 0.717) is 28.3 Å². The van der Waals surface area contributed by atoms with E-state index in [-0.39, 0.29) is 18.4 Å². The number of carbonyl (C=O) groups is 1. The van der Waals surface area contributed by atoms with Gasteiger partial charge in [-0.2, -0.15) is 5.10 Å². The number of amides is 1. The highest BCUT2D eigenvalue weighted by atomic mass is 35.5. The van der Waals surface area contributed by atoms with Crippen molar-refractivity contribution >= 4 is 34.9 Å². The molecule has 1 atom stereocenters. The minimum atomic E-state index is -0.296. The lowest BCUT2D eigenvalue weighted by atomic mass is 9.87. The quantitative estimate of drug-likeness (QED) is 0.725. The van der Waals surface area contributed by atoms with Gasteiger partial charge in [-0.1, -0.05) is 55.0 Å². The molecule has 1 aliphatic carbocycles. The van der Waals surface area contributed by atoms with Crippen LogP contribution in [0.25, 0.3) is 0 Å². The second-order valence-corrected chi connectivity index (χ2v) is 7.60. The van der Waals surface area contributed by atoms with E-state index in [2.05, 4.69) is 10.4 Å². The van der Waals surface area contributed by atoms with Crippen molar-refractivity contribution in [1.82, 2.24) is 9.78 Å². The smallest absolute Gasteiger partial charge is 0.233 e. The number of anilines is 1. The molecule has 5 nitrogen and oxygen atoms in total. The van der Waals surface area contributed by atoms with Gasteiger partial charge in [0, 0.05) is 12.3 Å². The van der Waals surface area contributed by atoms with Crippen LogP contribution in [0.5, 0.6) is 0 Å². The summed E-state index contributed by atoms with van der Waals surface area (Å²) in [5.41, 5.74) is 0.874. The second kappa shape index (κ2) is 8.89. The summed E-state index contributed by atoms with van der Waals surface area (Å²) in [7, 11) is 0. The molecule has 140 valence electrons. The van der Waals surface area contributed by atoms with Crippen LogP contribution < -0.4 is 5.32 Å². The minimum absolute atomic E-state index is 0.00262. The molecular formula is C19H23Cl2N3O2. The van der Waals surface area contributed by atoms with E-state index in [1.54, 1.807) is 29.1 Å². The van der Waals surface area contributed by atoms with Crippen molar-refractivity contribution in [3.05, 3.63) is 46.1 Å². The molecule has 0 saturated heterocycles. The van der Waals surface area contributed by atoms with Gasteiger partial charge in [0.25, 0.3) is 0 Å². The zero-order valence-corrected chi connectivity index (χ0v) is 16.0. The molecule has 1 aliphatic rings. The topological polar surface area (TPSA) is 67.2 Å². The van der Waals surface area contributed by atoms with Crippen LogP contribution in [0, 0.1) is 5.92 Å². The molecule has 0 spiro atoms. The van der Waals surface area contributed by atoms with E-state index in [1.165, 1.54) is 12.8 Å². The SMILES string of the molecule is O=C(Nc1ccn(CCO)n1)[C@H](CC1CCCC1)c1ccc(Cl)c(Cl)c1. The van der Waals surface area contributed by atoms with Crippen molar-refractivity contribution in [3.8, 4) is 0 Å². The van der Waals surface area contributed by atoms with Crippen molar-refractivity contribution in [3.63, 3.8) is 0 Å². The summed E-state index contributed by atoms with van der Waals surface area (Å²) in [5, 5.41) is 17.1. The predicted molar refractivity (Wildman–Crippen MR) is 104 cm³/mol. The number of hydrogen-bond donors (Lipinski definition) is 2. The molecule has 0 bridgehead atoms. The number of aromatic nitrogens is 2. The lowest BCUT2D eigenvalue weighted by molar-refractivity contribution is -0.118. The summed E-state index contributed by atoms with van der Waals surface area (Å²) in [4.78, 5) is 13.0. The molecule has 1 aromatic carbocycles. The van der Waals surface area contributed by atoms with Crippen molar-refractivity contribution in [2.75, 3.05) is 11.9 Å². The minimum Gasteiger partial charge on any atom is -0.394 e. The molecule has 1 fully saturated rings. The van der Waals surface area contributed by atoms with E-state index in [4.69, 9.17) is 28.3 Å². The normalized spacial score (nSPS) is 16.0. The molecule has 3 rings (SSSR count). The van der Waals surface area contributed by atoms with Gasteiger partial charge in [0.15, 0.2) is 5.82 Å². The summed E-state index contributed by atoms with van der Waals surface area (Å²) in [6.45, 7) is 0.400. The Labute approximate surface area is 163 Å². The van der Waals surface area contributed by atoms with Crippen molar-refractivity contribution in [2.45, 2.75) is 44.6 Å². The first-order valence-electron chi connectivity index (χ1n) is 8.97. The summed E-state index contributed by atoms with van der Waals surface area (Å²) in [6, 6.07) is 7.13. The maximum absolute atomic E-state index is 13.0. The van der Waals surface area contributed by atoms with E-state index < -0.39 is 0 Å². The molecule has 1 aromatic heterocycles. The number of hydrogen-bond acceptors (Lipinski definition) is 3. The second-order valence-electron chi connectivity index (χ2n) is 6.79. The third kappa shape index (κ3) is 4.78. The fourth-order valence-electron chi connectivity index (χ4n) is 3.57. The van der Waals surface area contributed by atoms with Crippen LogP contribution in [0.2, 0.25) is 10.0 Å². The Hall–Kier alpha value is -1.56. The molecule has 0 unspecified atom stereocenters. The maximum atomic E-state index is 13.0. The lowest BCUT2D eigenvalue weighted by Gasteiger charge is -2.20. The summed E-state index contributed by atoms with van der Waals surface area (Å²) < 4.78 is 1.60. The average molecular weight is 396 g/mol. The summed E-state index contributed by atoms with van der Waals surface area (Å²) in [5.74, 6) is 0.646. The van der Waals surface area contributed by atoms with E-state index in [9.17, 15) is 4.79 Å². The molecule has 26 heavy (non-hydrogen) atoms.